The fourth-order valence-corrected chi connectivity index (χ4v) is 1.74. The monoisotopic (exact) mass is 275 g/mol. The van der Waals surface area contributed by atoms with Crippen molar-refractivity contribution >= 4 is 5.69 Å². The van der Waals surface area contributed by atoms with E-state index in [4.69, 9.17) is 24.7 Å². The molecule has 0 spiro atoms. The maximum absolute atomic E-state index is 5.88. The largest absolute Gasteiger partial charge is 0.497 e. The van der Waals surface area contributed by atoms with Gasteiger partial charge in [-0.3, -0.25) is 0 Å². The molecular weight excluding hydrogens is 258 g/mol. The summed E-state index contributed by atoms with van der Waals surface area (Å²) in [5.41, 5.74) is 6.41. The van der Waals surface area contributed by atoms with Crippen LogP contribution in [0.4, 0.5) is 5.69 Å². The number of hydrogen-bond donors (Lipinski definition) is 1. The minimum absolute atomic E-state index is 0.525. The number of ether oxygens (including phenoxy) is 4. The van der Waals surface area contributed by atoms with Crippen LogP contribution in [0.5, 0.6) is 28.7 Å². The number of methoxy groups -OCH3 is 3. The highest BCUT2D eigenvalue weighted by Gasteiger charge is 2.08. The van der Waals surface area contributed by atoms with Gasteiger partial charge in [-0.2, -0.15) is 0 Å². The van der Waals surface area contributed by atoms with E-state index in [0.717, 1.165) is 0 Å². The Morgan fingerprint density at radius 1 is 0.700 bits per heavy atom. The van der Waals surface area contributed by atoms with Crippen molar-refractivity contribution in [3.8, 4) is 28.7 Å². The van der Waals surface area contributed by atoms with Gasteiger partial charge < -0.3 is 24.7 Å². The van der Waals surface area contributed by atoms with E-state index in [-0.39, 0.29) is 0 Å². The Morgan fingerprint density at radius 3 is 2.00 bits per heavy atom. The normalized spacial score (nSPS) is 9.95. The third-order valence-electron chi connectivity index (χ3n) is 2.80. The average molecular weight is 275 g/mol. The van der Waals surface area contributed by atoms with Gasteiger partial charge in [0.2, 0.25) is 0 Å². The van der Waals surface area contributed by atoms with Gasteiger partial charge in [0.05, 0.1) is 27.0 Å². The molecule has 5 heteroatoms. The first-order chi connectivity index (χ1) is 9.67. The second kappa shape index (κ2) is 6.06. The van der Waals surface area contributed by atoms with Gasteiger partial charge >= 0.3 is 0 Å². The van der Waals surface area contributed by atoms with Gasteiger partial charge in [0.25, 0.3) is 0 Å². The van der Waals surface area contributed by atoms with E-state index in [1.807, 2.05) is 0 Å². The van der Waals surface area contributed by atoms with Crippen LogP contribution in [-0.4, -0.2) is 21.3 Å². The topological polar surface area (TPSA) is 62.9 Å². The Bertz CT molecular complexity index is 598. The lowest BCUT2D eigenvalue weighted by molar-refractivity contribution is 0.352. The van der Waals surface area contributed by atoms with Crippen molar-refractivity contribution < 1.29 is 18.9 Å². The highest BCUT2D eigenvalue weighted by atomic mass is 16.5. The molecular formula is C15H17NO4. The van der Waals surface area contributed by atoms with Crippen molar-refractivity contribution in [3.05, 3.63) is 36.4 Å². The van der Waals surface area contributed by atoms with Crippen LogP contribution in [-0.2, 0) is 0 Å². The Hall–Kier alpha value is -2.56. The molecule has 0 aliphatic rings. The highest BCUT2D eigenvalue weighted by Crippen LogP contribution is 2.35. The van der Waals surface area contributed by atoms with Crippen molar-refractivity contribution in [3.63, 3.8) is 0 Å². The standard InChI is InChI=1S/C15H17NO4/c1-17-10-4-6-12(16)14(8-10)20-11-5-7-13(18-2)15(9-11)19-3/h4-9H,16H2,1-3H3. The summed E-state index contributed by atoms with van der Waals surface area (Å²) in [5, 5.41) is 0. The van der Waals surface area contributed by atoms with Gasteiger partial charge in [-0.05, 0) is 24.3 Å². The van der Waals surface area contributed by atoms with Gasteiger partial charge in [-0.25, -0.2) is 0 Å². The van der Waals surface area contributed by atoms with E-state index >= 15 is 0 Å². The summed E-state index contributed by atoms with van der Waals surface area (Å²) >= 11 is 0. The molecule has 0 heterocycles. The number of nitrogen functional groups attached to an aromatic ring is 1. The van der Waals surface area contributed by atoms with Gasteiger partial charge in [-0.15, -0.1) is 0 Å². The summed E-state index contributed by atoms with van der Waals surface area (Å²) in [6.45, 7) is 0. The molecule has 2 rings (SSSR count). The van der Waals surface area contributed by atoms with Gasteiger partial charge in [0, 0.05) is 12.1 Å². The molecule has 0 fully saturated rings. The van der Waals surface area contributed by atoms with Gasteiger partial charge in [-0.1, -0.05) is 0 Å². The summed E-state index contributed by atoms with van der Waals surface area (Å²) in [7, 11) is 4.74. The second-order valence-corrected chi connectivity index (χ2v) is 4.02. The predicted octanol–water partition coefficient (Wildman–Crippen LogP) is 3.09. The van der Waals surface area contributed by atoms with Crippen LogP contribution >= 0.6 is 0 Å². The van der Waals surface area contributed by atoms with Crippen LogP contribution in [0.25, 0.3) is 0 Å². The van der Waals surface area contributed by atoms with E-state index in [1.54, 1.807) is 57.7 Å². The zero-order valence-electron chi connectivity index (χ0n) is 11.7. The van der Waals surface area contributed by atoms with E-state index in [9.17, 15) is 0 Å². The predicted molar refractivity (Wildman–Crippen MR) is 77.0 cm³/mol. The van der Waals surface area contributed by atoms with Crippen LogP contribution in [0.3, 0.4) is 0 Å². The molecule has 0 aliphatic carbocycles. The lowest BCUT2D eigenvalue weighted by atomic mass is 10.2. The number of nitrogens with two attached hydrogens (primary N) is 1. The summed E-state index contributed by atoms with van der Waals surface area (Å²) < 4.78 is 21.3. The lowest BCUT2D eigenvalue weighted by Gasteiger charge is -2.12. The Kier molecular flexibility index (Phi) is 4.20. The molecule has 0 amide bonds. The Labute approximate surface area is 117 Å². The third kappa shape index (κ3) is 2.88. The van der Waals surface area contributed by atoms with E-state index < -0.39 is 0 Å². The van der Waals surface area contributed by atoms with Crippen molar-refractivity contribution in [2.24, 2.45) is 0 Å². The fraction of sp³-hybridized carbons (Fsp3) is 0.200. The van der Waals surface area contributed by atoms with E-state index in [2.05, 4.69) is 0 Å². The maximum atomic E-state index is 5.88. The van der Waals surface area contributed by atoms with Crippen LogP contribution in [0.2, 0.25) is 0 Å². The van der Waals surface area contributed by atoms with Crippen molar-refractivity contribution in [1.82, 2.24) is 0 Å². The molecule has 5 nitrogen and oxygen atoms in total. The van der Waals surface area contributed by atoms with E-state index in [1.165, 1.54) is 0 Å². The van der Waals surface area contributed by atoms with Crippen LogP contribution in [0.15, 0.2) is 36.4 Å². The van der Waals surface area contributed by atoms with E-state index in [0.29, 0.717) is 34.4 Å². The first-order valence-electron chi connectivity index (χ1n) is 6.01. The fourth-order valence-electron chi connectivity index (χ4n) is 1.74. The molecule has 0 aliphatic heterocycles. The van der Waals surface area contributed by atoms with Crippen LogP contribution < -0.4 is 24.7 Å². The summed E-state index contributed by atoms with van der Waals surface area (Å²) in [6, 6.07) is 10.5. The van der Waals surface area contributed by atoms with Crippen LogP contribution in [0, 0.1) is 0 Å². The minimum Gasteiger partial charge on any atom is -0.497 e. The summed E-state index contributed by atoms with van der Waals surface area (Å²) in [6.07, 6.45) is 0. The quantitative estimate of drug-likeness (QED) is 0.849. The van der Waals surface area contributed by atoms with Crippen molar-refractivity contribution in [2.75, 3.05) is 27.1 Å². The Morgan fingerprint density at radius 2 is 1.35 bits per heavy atom. The molecule has 0 aromatic heterocycles. The van der Waals surface area contributed by atoms with Crippen LogP contribution in [0.1, 0.15) is 0 Å². The second-order valence-electron chi connectivity index (χ2n) is 4.02. The van der Waals surface area contributed by atoms with Crippen molar-refractivity contribution in [1.29, 1.82) is 0 Å². The number of benzene rings is 2. The molecule has 2 N–H and O–H groups in total. The Balaban J connectivity index is 2.30. The molecule has 0 atom stereocenters. The van der Waals surface area contributed by atoms with Gasteiger partial charge in [0.15, 0.2) is 17.2 Å². The molecule has 0 unspecified atom stereocenters. The molecule has 106 valence electrons. The zero-order valence-corrected chi connectivity index (χ0v) is 11.7. The maximum Gasteiger partial charge on any atom is 0.164 e. The first-order valence-corrected chi connectivity index (χ1v) is 6.01. The molecule has 20 heavy (non-hydrogen) atoms. The molecule has 0 bridgehead atoms. The summed E-state index contributed by atoms with van der Waals surface area (Å²) in [4.78, 5) is 0. The molecule has 0 saturated carbocycles. The first kappa shape index (κ1) is 13.9. The zero-order chi connectivity index (χ0) is 14.5. The van der Waals surface area contributed by atoms with Crippen molar-refractivity contribution in [2.45, 2.75) is 0 Å². The lowest BCUT2D eigenvalue weighted by Crippen LogP contribution is -1.95. The highest BCUT2D eigenvalue weighted by molar-refractivity contribution is 5.57. The molecule has 0 saturated heterocycles. The number of rotatable bonds is 5. The smallest absolute Gasteiger partial charge is 0.164 e. The summed E-state index contributed by atoms with van der Waals surface area (Å²) in [5.74, 6) is 3.03. The minimum atomic E-state index is 0.525. The number of hydrogen-bond acceptors (Lipinski definition) is 5. The molecule has 0 radical (unpaired) electrons. The average Bonchev–Trinajstić information content (AvgIpc) is 2.49. The van der Waals surface area contributed by atoms with Gasteiger partial charge in [0.1, 0.15) is 11.5 Å². The SMILES string of the molecule is COc1ccc(N)c(Oc2ccc(OC)c(OC)c2)c1. The molecule has 2 aromatic rings. The molecule has 2 aromatic carbocycles. The third-order valence-corrected chi connectivity index (χ3v) is 2.80. The number of anilines is 1.